The van der Waals surface area contributed by atoms with Crippen LogP contribution < -0.4 is 5.73 Å². The lowest BCUT2D eigenvalue weighted by Gasteiger charge is -2.05. The van der Waals surface area contributed by atoms with Crippen molar-refractivity contribution in [2.75, 3.05) is 0 Å². The second-order valence-corrected chi connectivity index (χ2v) is 4.50. The van der Waals surface area contributed by atoms with Gasteiger partial charge in [-0.15, -0.1) is 0 Å². The van der Waals surface area contributed by atoms with E-state index in [0.717, 1.165) is 5.56 Å². The summed E-state index contributed by atoms with van der Waals surface area (Å²) in [5.74, 6) is 0. The molecule has 0 bridgehead atoms. The standard InChI is InChI=1S/C12H14N2S/c1-8-3-4-11(9(2)5-8)12-10(6-13)7-14-15-12/h3-5,7H,6,13H2,1-2H3. The van der Waals surface area contributed by atoms with Crippen LogP contribution in [0.5, 0.6) is 0 Å². The minimum atomic E-state index is 0.555. The van der Waals surface area contributed by atoms with Crippen molar-refractivity contribution in [2.24, 2.45) is 5.73 Å². The van der Waals surface area contributed by atoms with E-state index in [-0.39, 0.29) is 0 Å². The van der Waals surface area contributed by atoms with E-state index in [1.165, 1.54) is 33.1 Å². The zero-order valence-corrected chi connectivity index (χ0v) is 9.77. The summed E-state index contributed by atoms with van der Waals surface area (Å²) in [6.45, 7) is 4.79. The Morgan fingerprint density at radius 1 is 1.33 bits per heavy atom. The molecule has 2 aromatic rings. The molecule has 1 aromatic carbocycles. The molecule has 1 heterocycles. The first-order valence-electron chi connectivity index (χ1n) is 4.93. The van der Waals surface area contributed by atoms with Gasteiger partial charge in [-0.2, -0.15) is 0 Å². The molecule has 78 valence electrons. The third-order valence-electron chi connectivity index (χ3n) is 2.49. The largest absolute Gasteiger partial charge is 0.326 e. The predicted molar refractivity (Wildman–Crippen MR) is 64.9 cm³/mol. The van der Waals surface area contributed by atoms with Crippen LogP contribution in [-0.4, -0.2) is 4.37 Å². The van der Waals surface area contributed by atoms with Crippen molar-refractivity contribution in [3.05, 3.63) is 41.1 Å². The van der Waals surface area contributed by atoms with Gasteiger partial charge in [-0.1, -0.05) is 23.8 Å². The maximum atomic E-state index is 5.68. The average molecular weight is 218 g/mol. The Hall–Kier alpha value is -1.19. The molecule has 0 aliphatic rings. The zero-order valence-electron chi connectivity index (χ0n) is 8.95. The number of hydrogen-bond donors (Lipinski definition) is 1. The highest BCUT2D eigenvalue weighted by molar-refractivity contribution is 7.09. The SMILES string of the molecule is Cc1ccc(-c2sncc2CN)c(C)c1. The summed E-state index contributed by atoms with van der Waals surface area (Å²) >= 11 is 1.52. The molecule has 0 unspecified atom stereocenters. The maximum absolute atomic E-state index is 5.68. The van der Waals surface area contributed by atoms with Gasteiger partial charge in [0.25, 0.3) is 0 Å². The molecule has 0 aliphatic heterocycles. The Labute approximate surface area is 93.9 Å². The van der Waals surface area contributed by atoms with Gasteiger partial charge < -0.3 is 5.73 Å². The minimum Gasteiger partial charge on any atom is -0.326 e. The van der Waals surface area contributed by atoms with Crippen LogP contribution >= 0.6 is 11.5 Å². The van der Waals surface area contributed by atoms with Gasteiger partial charge in [-0.05, 0) is 36.5 Å². The van der Waals surface area contributed by atoms with Crippen molar-refractivity contribution in [1.82, 2.24) is 4.37 Å². The third kappa shape index (κ3) is 1.94. The molecule has 0 spiro atoms. The number of nitrogens with zero attached hydrogens (tertiary/aromatic N) is 1. The number of hydrogen-bond acceptors (Lipinski definition) is 3. The molecule has 15 heavy (non-hydrogen) atoms. The van der Waals surface area contributed by atoms with Crippen LogP contribution in [0, 0.1) is 13.8 Å². The number of aryl methyl sites for hydroxylation is 2. The first-order chi connectivity index (χ1) is 7.22. The molecule has 2 N–H and O–H groups in total. The fourth-order valence-corrected chi connectivity index (χ4v) is 2.56. The van der Waals surface area contributed by atoms with E-state index in [2.05, 4.69) is 36.4 Å². The van der Waals surface area contributed by atoms with Crippen LogP contribution in [0.2, 0.25) is 0 Å². The van der Waals surface area contributed by atoms with Crippen molar-refractivity contribution < 1.29 is 0 Å². The molecule has 2 rings (SSSR count). The van der Waals surface area contributed by atoms with Crippen molar-refractivity contribution in [1.29, 1.82) is 0 Å². The van der Waals surface area contributed by atoms with Gasteiger partial charge in [0.05, 0.1) is 4.88 Å². The third-order valence-corrected chi connectivity index (χ3v) is 3.37. The number of aromatic nitrogens is 1. The zero-order chi connectivity index (χ0) is 10.8. The molecule has 0 radical (unpaired) electrons. The highest BCUT2D eigenvalue weighted by Crippen LogP contribution is 2.30. The highest BCUT2D eigenvalue weighted by Gasteiger charge is 2.09. The van der Waals surface area contributed by atoms with Crippen LogP contribution in [0.25, 0.3) is 10.4 Å². The molecular formula is C12H14N2S. The minimum absolute atomic E-state index is 0.555. The Morgan fingerprint density at radius 3 is 2.80 bits per heavy atom. The highest BCUT2D eigenvalue weighted by atomic mass is 32.1. The fraction of sp³-hybridized carbons (Fsp3) is 0.250. The van der Waals surface area contributed by atoms with E-state index < -0.39 is 0 Å². The van der Waals surface area contributed by atoms with Gasteiger partial charge >= 0.3 is 0 Å². The lowest BCUT2D eigenvalue weighted by molar-refractivity contribution is 1.08. The van der Waals surface area contributed by atoms with E-state index in [9.17, 15) is 0 Å². The summed E-state index contributed by atoms with van der Waals surface area (Å²) in [5, 5.41) is 0. The Morgan fingerprint density at radius 2 is 2.13 bits per heavy atom. The monoisotopic (exact) mass is 218 g/mol. The lowest BCUT2D eigenvalue weighted by Crippen LogP contribution is -1.96. The van der Waals surface area contributed by atoms with Crippen molar-refractivity contribution in [3.63, 3.8) is 0 Å². The summed E-state index contributed by atoms with van der Waals surface area (Å²) in [6, 6.07) is 6.47. The second kappa shape index (κ2) is 4.13. The summed E-state index contributed by atoms with van der Waals surface area (Å²) < 4.78 is 4.19. The van der Waals surface area contributed by atoms with E-state index in [1.807, 2.05) is 6.20 Å². The molecule has 0 saturated carbocycles. The summed E-state index contributed by atoms with van der Waals surface area (Å²) in [5.41, 5.74) is 10.6. The molecular weight excluding hydrogens is 204 g/mol. The molecule has 0 fully saturated rings. The first-order valence-corrected chi connectivity index (χ1v) is 5.71. The van der Waals surface area contributed by atoms with Gasteiger partial charge in [-0.3, -0.25) is 0 Å². The van der Waals surface area contributed by atoms with Crippen LogP contribution in [0.3, 0.4) is 0 Å². The molecule has 1 aromatic heterocycles. The van der Waals surface area contributed by atoms with Gasteiger partial charge in [0, 0.05) is 18.3 Å². The Kier molecular flexibility index (Phi) is 2.84. The molecule has 0 aliphatic carbocycles. The van der Waals surface area contributed by atoms with Crippen LogP contribution in [0.1, 0.15) is 16.7 Å². The van der Waals surface area contributed by atoms with Gasteiger partial charge in [0.15, 0.2) is 0 Å². The van der Waals surface area contributed by atoms with Gasteiger partial charge in [0.1, 0.15) is 0 Å². The second-order valence-electron chi connectivity index (χ2n) is 3.70. The molecule has 2 nitrogen and oxygen atoms in total. The topological polar surface area (TPSA) is 38.9 Å². The number of rotatable bonds is 2. The number of benzene rings is 1. The Bertz CT molecular complexity index is 474. The van der Waals surface area contributed by atoms with Crippen molar-refractivity contribution >= 4 is 11.5 Å². The van der Waals surface area contributed by atoms with Crippen molar-refractivity contribution in [3.8, 4) is 10.4 Å². The van der Waals surface area contributed by atoms with Crippen molar-refractivity contribution in [2.45, 2.75) is 20.4 Å². The quantitative estimate of drug-likeness (QED) is 0.841. The maximum Gasteiger partial charge on any atom is 0.0597 e. The van der Waals surface area contributed by atoms with Gasteiger partial charge in [-0.25, -0.2) is 4.37 Å². The predicted octanol–water partition coefficient (Wildman–Crippen LogP) is 2.89. The summed E-state index contributed by atoms with van der Waals surface area (Å²) in [4.78, 5) is 1.20. The first kappa shape index (κ1) is 10.3. The molecule has 0 atom stereocenters. The molecule has 0 amide bonds. The van der Waals surface area contributed by atoms with E-state index in [4.69, 9.17) is 5.73 Å². The summed E-state index contributed by atoms with van der Waals surface area (Å²) in [6.07, 6.45) is 1.86. The normalized spacial score (nSPS) is 10.6. The van der Waals surface area contributed by atoms with Gasteiger partial charge in [0.2, 0.25) is 0 Å². The van der Waals surface area contributed by atoms with E-state index >= 15 is 0 Å². The fourth-order valence-electron chi connectivity index (χ4n) is 1.70. The smallest absolute Gasteiger partial charge is 0.0597 e. The van der Waals surface area contributed by atoms with Crippen LogP contribution in [-0.2, 0) is 6.54 Å². The number of nitrogens with two attached hydrogens (primary N) is 1. The lowest BCUT2D eigenvalue weighted by atomic mass is 10.0. The summed E-state index contributed by atoms with van der Waals surface area (Å²) in [7, 11) is 0. The van der Waals surface area contributed by atoms with E-state index in [0.29, 0.717) is 6.54 Å². The Balaban J connectivity index is 2.54. The molecule has 3 heteroatoms. The van der Waals surface area contributed by atoms with Crippen LogP contribution in [0.4, 0.5) is 0 Å². The van der Waals surface area contributed by atoms with E-state index in [1.54, 1.807) is 0 Å². The van der Waals surface area contributed by atoms with Crippen LogP contribution in [0.15, 0.2) is 24.4 Å². The average Bonchev–Trinajstić information content (AvgIpc) is 2.65. The molecule has 0 saturated heterocycles.